The highest BCUT2D eigenvalue weighted by molar-refractivity contribution is 14.1. The first kappa shape index (κ1) is 6.29. The van der Waals surface area contributed by atoms with Crippen LogP contribution in [0.15, 0.2) is 12.3 Å². The summed E-state index contributed by atoms with van der Waals surface area (Å²) in [5.41, 5.74) is 0. The van der Waals surface area contributed by atoms with Crippen molar-refractivity contribution in [1.82, 2.24) is 4.98 Å². The van der Waals surface area contributed by atoms with E-state index in [2.05, 4.69) is 33.6 Å². The molecule has 1 heterocycles. The fourth-order valence-electron chi connectivity index (χ4n) is 0.339. The Labute approximate surface area is 66.2 Å². The lowest BCUT2D eigenvalue weighted by Crippen LogP contribution is -1.73. The van der Waals surface area contributed by atoms with Crippen molar-refractivity contribution in [1.29, 1.82) is 0 Å². The van der Waals surface area contributed by atoms with Gasteiger partial charge in [0.05, 0.1) is 0 Å². The smallest absolute Gasteiger partial charge is 0.130 e. The van der Waals surface area contributed by atoms with Crippen LogP contribution in [0.1, 0.15) is 0 Å². The first-order valence-electron chi connectivity index (χ1n) is 1.98. The molecule has 1 aromatic rings. The number of aromatic nitrogens is 1. The van der Waals surface area contributed by atoms with E-state index < -0.39 is 0 Å². The van der Waals surface area contributed by atoms with Gasteiger partial charge in [0.25, 0.3) is 0 Å². The molecular formula is C5H2ClIN. The van der Waals surface area contributed by atoms with Crippen LogP contribution in [0, 0.1) is 9.64 Å². The van der Waals surface area contributed by atoms with Gasteiger partial charge in [0.2, 0.25) is 0 Å². The van der Waals surface area contributed by atoms with Gasteiger partial charge in [-0.3, -0.25) is 0 Å². The van der Waals surface area contributed by atoms with E-state index >= 15 is 0 Å². The Bertz CT molecular complexity index is 172. The number of halogens is 2. The highest BCUT2D eigenvalue weighted by atomic mass is 127. The maximum Gasteiger partial charge on any atom is 0.130 e. The minimum absolute atomic E-state index is 0.521. The van der Waals surface area contributed by atoms with E-state index in [-0.39, 0.29) is 0 Å². The number of hydrogen-bond donors (Lipinski definition) is 0. The zero-order valence-corrected chi connectivity index (χ0v) is 6.77. The van der Waals surface area contributed by atoms with E-state index in [0.29, 0.717) is 5.15 Å². The van der Waals surface area contributed by atoms with E-state index in [1.165, 1.54) is 0 Å². The van der Waals surface area contributed by atoms with E-state index in [9.17, 15) is 0 Å². The maximum atomic E-state index is 5.51. The zero-order chi connectivity index (χ0) is 5.98. The lowest BCUT2D eigenvalue weighted by molar-refractivity contribution is 1.31. The molecule has 0 atom stereocenters. The summed E-state index contributed by atoms with van der Waals surface area (Å²) >= 11 is 7.63. The van der Waals surface area contributed by atoms with Gasteiger partial charge in [-0.2, -0.15) is 0 Å². The topological polar surface area (TPSA) is 12.9 Å². The second-order valence-corrected chi connectivity index (χ2v) is 2.77. The number of nitrogens with zero attached hydrogens (tertiary/aromatic N) is 1. The van der Waals surface area contributed by atoms with Gasteiger partial charge in [-0.05, 0) is 28.7 Å². The van der Waals surface area contributed by atoms with Crippen LogP contribution in [0.5, 0.6) is 0 Å². The number of pyridine rings is 1. The van der Waals surface area contributed by atoms with Gasteiger partial charge in [0.15, 0.2) is 0 Å². The third-order valence-corrected chi connectivity index (χ3v) is 1.47. The lowest BCUT2D eigenvalue weighted by atomic mass is 10.5. The zero-order valence-electron chi connectivity index (χ0n) is 3.86. The largest absolute Gasteiger partial charge is 0.244 e. The fourth-order valence-corrected chi connectivity index (χ4v) is 1.12. The Kier molecular flexibility index (Phi) is 2.08. The molecule has 41 valence electrons. The molecule has 1 radical (unpaired) electrons. The summed E-state index contributed by atoms with van der Waals surface area (Å²) in [5, 5.41) is 0.521. The molecule has 0 aliphatic carbocycles. The van der Waals surface area contributed by atoms with Gasteiger partial charge in [-0.15, -0.1) is 0 Å². The second-order valence-electron chi connectivity index (χ2n) is 1.22. The summed E-state index contributed by atoms with van der Waals surface area (Å²) in [5.74, 6) is 0. The molecular weight excluding hydrogens is 236 g/mol. The highest BCUT2D eigenvalue weighted by Gasteiger charge is 1.86. The number of hydrogen-bond acceptors (Lipinski definition) is 1. The van der Waals surface area contributed by atoms with Gasteiger partial charge in [0.1, 0.15) is 5.15 Å². The molecule has 1 nitrogen and oxygen atoms in total. The van der Waals surface area contributed by atoms with Crippen LogP contribution in [0.2, 0.25) is 5.15 Å². The van der Waals surface area contributed by atoms with Crippen LogP contribution < -0.4 is 0 Å². The molecule has 1 rings (SSSR count). The summed E-state index contributed by atoms with van der Waals surface area (Å²) in [6.07, 6.45) is 1.56. The van der Waals surface area contributed by atoms with Crippen LogP contribution in [0.25, 0.3) is 0 Å². The predicted octanol–water partition coefficient (Wildman–Crippen LogP) is 2.14. The quantitative estimate of drug-likeness (QED) is 0.498. The molecule has 3 heteroatoms. The van der Waals surface area contributed by atoms with Gasteiger partial charge >= 0.3 is 0 Å². The third kappa shape index (κ3) is 1.59. The van der Waals surface area contributed by atoms with Crippen LogP contribution in [0.3, 0.4) is 0 Å². The van der Waals surface area contributed by atoms with Gasteiger partial charge in [0, 0.05) is 15.8 Å². The van der Waals surface area contributed by atoms with E-state index in [1.54, 1.807) is 12.3 Å². The van der Waals surface area contributed by atoms with Crippen molar-refractivity contribution in [3.8, 4) is 0 Å². The van der Waals surface area contributed by atoms with Crippen molar-refractivity contribution in [3.05, 3.63) is 27.1 Å². The maximum absolute atomic E-state index is 5.51. The van der Waals surface area contributed by atoms with Crippen LogP contribution in [-0.2, 0) is 0 Å². The second kappa shape index (κ2) is 2.64. The van der Waals surface area contributed by atoms with Crippen LogP contribution in [0.4, 0.5) is 0 Å². The molecule has 0 spiro atoms. The predicted molar refractivity (Wildman–Crippen MR) is 40.8 cm³/mol. The highest BCUT2D eigenvalue weighted by Crippen LogP contribution is 2.07. The Morgan fingerprint density at radius 2 is 2.50 bits per heavy atom. The summed E-state index contributed by atoms with van der Waals surface area (Å²) in [7, 11) is 0. The summed E-state index contributed by atoms with van der Waals surface area (Å²) in [6, 6.07) is 4.62. The Morgan fingerprint density at radius 1 is 1.75 bits per heavy atom. The van der Waals surface area contributed by atoms with Crippen LogP contribution >= 0.6 is 34.2 Å². The van der Waals surface area contributed by atoms with E-state index in [0.717, 1.165) is 3.57 Å². The van der Waals surface area contributed by atoms with Crippen molar-refractivity contribution in [2.45, 2.75) is 0 Å². The SMILES string of the molecule is Clc1cc(I)[c]cn1. The van der Waals surface area contributed by atoms with Gasteiger partial charge in [-0.25, -0.2) is 4.98 Å². The molecule has 0 aromatic carbocycles. The van der Waals surface area contributed by atoms with Crippen molar-refractivity contribution >= 4 is 34.2 Å². The average molecular weight is 238 g/mol. The summed E-state index contributed by atoms with van der Waals surface area (Å²) in [6.45, 7) is 0. The molecule has 0 aliphatic rings. The molecule has 0 saturated heterocycles. The standard InChI is InChI=1S/C5H2ClIN/c6-5-3-4(7)1-2-8-5/h2-3H. The monoisotopic (exact) mass is 238 g/mol. The number of rotatable bonds is 0. The van der Waals surface area contributed by atoms with E-state index in [1.807, 2.05) is 0 Å². The molecule has 0 unspecified atom stereocenters. The molecule has 0 aliphatic heterocycles. The molecule has 1 aromatic heterocycles. The summed E-state index contributed by atoms with van der Waals surface area (Å²) < 4.78 is 0.989. The van der Waals surface area contributed by atoms with Crippen molar-refractivity contribution in [2.24, 2.45) is 0 Å². The molecule has 0 saturated carbocycles. The third-order valence-electron chi connectivity index (χ3n) is 0.636. The summed E-state index contributed by atoms with van der Waals surface area (Å²) in [4.78, 5) is 3.75. The van der Waals surface area contributed by atoms with Crippen LogP contribution in [-0.4, -0.2) is 4.98 Å². The molecule has 0 bridgehead atoms. The Hall–Kier alpha value is 0.170. The Balaban J connectivity index is 3.08. The fraction of sp³-hybridized carbons (Fsp3) is 0. The minimum atomic E-state index is 0.521. The molecule has 0 N–H and O–H groups in total. The van der Waals surface area contributed by atoms with Gasteiger partial charge < -0.3 is 0 Å². The van der Waals surface area contributed by atoms with E-state index in [4.69, 9.17) is 11.6 Å². The average Bonchev–Trinajstić information content (AvgIpc) is 1.64. The van der Waals surface area contributed by atoms with Crippen molar-refractivity contribution < 1.29 is 0 Å². The lowest BCUT2D eigenvalue weighted by Gasteiger charge is -1.85. The first-order chi connectivity index (χ1) is 3.79. The Morgan fingerprint density at radius 3 is 2.88 bits per heavy atom. The van der Waals surface area contributed by atoms with Crippen molar-refractivity contribution in [2.75, 3.05) is 0 Å². The minimum Gasteiger partial charge on any atom is -0.244 e. The molecule has 0 fully saturated rings. The molecule has 0 amide bonds. The first-order valence-corrected chi connectivity index (χ1v) is 3.43. The molecule has 8 heavy (non-hydrogen) atoms. The van der Waals surface area contributed by atoms with Gasteiger partial charge in [-0.1, -0.05) is 11.6 Å². The normalized spacial score (nSPS) is 9.25. The van der Waals surface area contributed by atoms with Crippen molar-refractivity contribution in [3.63, 3.8) is 0 Å².